The Bertz CT molecular complexity index is 897. The maximum atomic E-state index is 12.5. The van der Waals surface area contributed by atoms with Gasteiger partial charge >= 0.3 is 0 Å². The van der Waals surface area contributed by atoms with E-state index in [1.54, 1.807) is 24.3 Å². The lowest BCUT2D eigenvalue weighted by atomic mass is 10.1. The highest BCUT2D eigenvalue weighted by Gasteiger charge is 2.24. The summed E-state index contributed by atoms with van der Waals surface area (Å²) in [5.41, 5.74) is 2.03. The Hall–Kier alpha value is -2.81. The molecule has 6 heteroatoms. The van der Waals surface area contributed by atoms with Crippen LogP contribution in [0.15, 0.2) is 54.6 Å². The van der Waals surface area contributed by atoms with Gasteiger partial charge in [-0.05, 0) is 42.3 Å². The molecule has 29 heavy (non-hydrogen) atoms. The minimum Gasteiger partial charge on any atom is -0.479 e. The SMILES string of the molecule is CC(c1ccccc1Cl)N1CCN(C(=O)/C=C/c2ccc(OCC#N)cc2)CC1. The third kappa shape index (κ3) is 5.60. The normalized spacial score (nSPS) is 15.8. The van der Waals surface area contributed by atoms with Crippen molar-refractivity contribution in [2.45, 2.75) is 13.0 Å². The number of carbonyl (C=O) groups is 1. The standard InChI is InChI=1S/C23H24ClN3O2/c1-18(21-4-2-3-5-22(21)24)26-13-15-27(16-14-26)23(28)11-8-19-6-9-20(10-7-19)29-17-12-25/h2-11,18H,13-17H2,1H3/b11-8+. The number of benzene rings is 2. The van der Waals surface area contributed by atoms with E-state index in [-0.39, 0.29) is 18.6 Å². The number of hydrogen-bond donors (Lipinski definition) is 0. The quantitative estimate of drug-likeness (QED) is 0.672. The van der Waals surface area contributed by atoms with Gasteiger partial charge in [-0.15, -0.1) is 0 Å². The molecule has 1 fully saturated rings. The Kier molecular flexibility index (Phi) is 7.29. The lowest BCUT2D eigenvalue weighted by Crippen LogP contribution is -2.48. The lowest BCUT2D eigenvalue weighted by molar-refractivity contribution is -0.127. The van der Waals surface area contributed by atoms with Crippen LogP contribution in [0.25, 0.3) is 6.08 Å². The first-order chi connectivity index (χ1) is 14.1. The topological polar surface area (TPSA) is 56.6 Å². The molecular weight excluding hydrogens is 386 g/mol. The molecule has 0 saturated carbocycles. The van der Waals surface area contributed by atoms with Gasteiger partial charge in [0.25, 0.3) is 0 Å². The van der Waals surface area contributed by atoms with E-state index in [2.05, 4.69) is 17.9 Å². The van der Waals surface area contributed by atoms with E-state index in [9.17, 15) is 4.79 Å². The molecule has 3 rings (SSSR count). The predicted octanol–water partition coefficient (Wildman–Crippen LogP) is 4.16. The Morgan fingerprint density at radius 2 is 1.86 bits per heavy atom. The fourth-order valence-electron chi connectivity index (χ4n) is 3.40. The second kappa shape index (κ2) is 10.1. The Balaban J connectivity index is 1.51. The molecule has 1 atom stereocenters. The molecule has 0 radical (unpaired) electrons. The summed E-state index contributed by atoms with van der Waals surface area (Å²) in [6.07, 6.45) is 3.41. The van der Waals surface area contributed by atoms with Crippen LogP contribution in [0, 0.1) is 11.3 Å². The number of nitriles is 1. The molecule has 1 heterocycles. The molecule has 0 N–H and O–H groups in total. The van der Waals surface area contributed by atoms with Crippen LogP contribution in [-0.2, 0) is 4.79 Å². The summed E-state index contributed by atoms with van der Waals surface area (Å²) in [5, 5.41) is 9.31. The summed E-state index contributed by atoms with van der Waals surface area (Å²) in [4.78, 5) is 16.7. The molecule has 1 aliphatic rings. The Morgan fingerprint density at radius 3 is 2.52 bits per heavy atom. The summed E-state index contributed by atoms with van der Waals surface area (Å²) in [6, 6.07) is 17.4. The molecule has 2 aromatic rings. The van der Waals surface area contributed by atoms with E-state index >= 15 is 0 Å². The number of hydrogen-bond acceptors (Lipinski definition) is 4. The molecule has 1 amide bonds. The van der Waals surface area contributed by atoms with E-state index in [1.165, 1.54) is 0 Å². The molecule has 150 valence electrons. The fourth-order valence-corrected chi connectivity index (χ4v) is 3.70. The molecule has 1 saturated heterocycles. The molecule has 1 aliphatic heterocycles. The van der Waals surface area contributed by atoms with Crippen LogP contribution in [-0.4, -0.2) is 48.5 Å². The van der Waals surface area contributed by atoms with Crippen LogP contribution in [0.4, 0.5) is 0 Å². The fraction of sp³-hybridized carbons (Fsp3) is 0.304. The summed E-state index contributed by atoms with van der Waals surface area (Å²) in [5.74, 6) is 0.652. The van der Waals surface area contributed by atoms with Gasteiger partial charge in [-0.1, -0.05) is 41.9 Å². The van der Waals surface area contributed by atoms with Crippen LogP contribution in [0.2, 0.25) is 5.02 Å². The first-order valence-electron chi connectivity index (χ1n) is 9.64. The van der Waals surface area contributed by atoms with Gasteiger partial charge in [-0.2, -0.15) is 5.26 Å². The van der Waals surface area contributed by atoms with Crippen LogP contribution in [0.1, 0.15) is 24.1 Å². The minimum atomic E-state index is 0.0138. The molecule has 2 aromatic carbocycles. The van der Waals surface area contributed by atoms with Gasteiger partial charge in [-0.25, -0.2) is 0 Å². The highest BCUT2D eigenvalue weighted by atomic mass is 35.5. The van der Waals surface area contributed by atoms with Crippen LogP contribution < -0.4 is 4.74 Å². The average Bonchev–Trinajstić information content (AvgIpc) is 2.76. The Labute approximate surface area is 176 Å². The molecule has 0 spiro atoms. The van der Waals surface area contributed by atoms with Crippen LogP contribution >= 0.6 is 11.6 Å². The monoisotopic (exact) mass is 409 g/mol. The van der Waals surface area contributed by atoms with Crippen molar-refractivity contribution < 1.29 is 9.53 Å². The average molecular weight is 410 g/mol. The van der Waals surface area contributed by atoms with Crippen molar-refractivity contribution in [3.8, 4) is 11.8 Å². The van der Waals surface area contributed by atoms with E-state index in [1.807, 2.05) is 41.3 Å². The second-order valence-electron chi connectivity index (χ2n) is 6.91. The number of rotatable bonds is 6. The highest BCUT2D eigenvalue weighted by molar-refractivity contribution is 6.31. The number of nitrogens with zero attached hydrogens (tertiary/aromatic N) is 3. The van der Waals surface area contributed by atoms with E-state index in [0.717, 1.165) is 29.2 Å². The summed E-state index contributed by atoms with van der Waals surface area (Å²) in [7, 11) is 0. The molecule has 5 nitrogen and oxygen atoms in total. The molecule has 0 aliphatic carbocycles. The van der Waals surface area contributed by atoms with Gasteiger partial charge in [0.2, 0.25) is 5.91 Å². The van der Waals surface area contributed by atoms with Gasteiger partial charge in [-0.3, -0.25) is 9.69 Å². The third-order valence-corrected chi connectivity index (χ3v) is 5.48. The van der Waals surface area contributed by atoms with Crippen molar-refractivity contribution in [2.75, 3.05) is 32.8 Å². The van der Waals surface area contributed by atoms with Crippen LogP contribution in [0.3, 0.4) is 0 Å². The maximum absolute atomic E-state index is 12.5. The maximum Gasteiger partial charge on any atom is 0.246 e. The number of carbonyl (C=O) groups excluding carboxylic acids is 1. The van der Waals surface area contributed by atoms with Gasteiger partial charge < -0.3 is 9.64 Å². The second-order valence-corrected chi connectivity index (χ2v) is 7.32. The zero-order valence-electron chi connectivity index (χ0n) is 16.4. The lowest BCUT2D eigenvalue weighted by Gasteiger charge is -2.38. The van der Waals surface area contributed by atoms with Crippen LogP contribution in [0.5, 0.6) is 5.75 Å². The van der Waals surface area contributed by atoms with E-state index in [4.69, 9.17) is 21.6 Å². The highest BCUT2D eigenvalue weighted by Crippen LogP contribution is 2.27. The van der Waals surface area contributed by atoms with Gasteiger partial charge in [0.15, 0.2) is 6.61 Å². The number of piperazine rings is 1. The predicted molar refractivity (Wildman–Crippen MR) is 115 cm³/mol. The van der Waals surface area contributed by atoms with Gasteiger partial charge in [0, 0.05) is 43.3 Å². The van der Waals surface area contributed by atoms with Gasteiger partial charge in [0.05, 0.1) is 0 Å². The van der Waals surface area contributed by atoms with Crippen molar-refractivity contribution in [3.63, 3.8) is 0 Å². The Morgan fingerprint density at radius 1 is 1.17 bits per heavy atom. The van der Waals surface area contributed by atoms with Crippen molar-refractivity contribution in [1.82, 2.24) is 9.80 Å². The smallest absolute Gasteiger partial charge is 0.246 e. The zero-order valence-corrected chi connectivity index (χ0v) is 17.2. The number of halogens is 1. The largest absolute Gasteiger partial charge is 0.479 e. The summed E-state index contributed by atoms with van der Waals surface area (Å²) >= 11 is 6.33. The van der Waals surface area contributed by atoms with E-state index < -0.39 is 0 Å². The first kappa shape index (κ1) is 20.9. The third-order valence-electron chi connectivity index (χ3n) is 5.13. The summed E-state index contributed by atoms with van der Waals surface area (Å²) in [6.45, 7) is 5.20. The molecular formula is C23H24ClN3O2. The minimum absolute atomic E-state index is 0.0138. The first-order valence-corrected chi connectivity index (χ1v) is 10.0. The number of amides is 1. The van der Waals surface area contributed by atoms with Crippen molar-refractivity contribution in [2.24, 2.45) is 0 Å². The molecule has 0 bridgehead atoms. The zero-order chi connectivity index (χ0) is 20.6. The van der Waals surface area contributed by atoms with Gasteiger partial charge in [0.1, 0.15) is 11.8 Å². The summed E-state index contributed by atoms with van der Waals surface area (Å²) < 4.78 is 5.23. The molecule has 1 unspecified atom stereocenters. The van der Waals surface area contributed by atoms with Crippen molar-refractivity contribution in [1.29, 1.82) is 5.26 Å². The number of ether oxygens (including phenoxy) is 1. The van der Waals surface area contributed by atoms with E-state index in [0.29, 0.717) is 18.8 Å². The molecule has 0 aromatic heterocycles. The van der Waals surface area contributed by atoms with Crippen molar-refractivity contribution in [3.05, 3.63) is 70.8 Å². The van der Waals surface area contributed by atoms with Crippen molar-refractivity contribution >= 4 is 23.6 Å².